The normalized spacial score (nSPS) is 14.2. The van der Waals surface area contributed by atoms with E-state index in [-0.39, 0.29) is 11.9 Å². The standard InChI is InChI=1S/C21H33N3O4/c1-3-28-18-12-11-16(14-19(18)27-2)15-23-20(25)10-7-13-22-21(26)24-17-8-5-4-6-9-17/h11-12,14,17H,3-10,13,15H2,1-2H3,(H,23,25)(H2,22,24,26). The number of hydrogen-bond acceptors (Lipinski definition) is 4. The average Bonchev–Trinajstić information content (AvgIpc) is 2.71. The van der Waals surface area contributed by atoms with Crippen molar-refractivity contribution in [3.8, 4) is 11.5 Å². The van der Waals surface area contributed by atoms with Crippen molar-refractivity contribution in [3.05, 3.63) is 23.8 Å². The second-order valence-corrected chi connectivity index (χ2v) is 7.03. The maximum absolute atomic E-state index is 12.0. The van der Waals surface area contributed by atoms with Gasteiger partial charge in [0.05, 0.1) is 13.7 Å². The van der Waals surface area contributed by atoms with Crippen LogP contribution in [0.4, 0.5) is 4.79 Å². The van der Waals surface area contributed by atoms with Crippen LogP contribution in [0.1, 0.15) is 57.4 Å². The SMILES string of the molecule is CCOc1ccc(CNC(=O)CCCNC(=O)NC2CCCCC2)cc1OC. The van der Waals surface area contributed by atoms with Crippen molar-refractivity contribution in [2.45, 2.75) is 64.5 Å². The van der Waals surface area contributed by atoms with E-state index >= 15 is 0 Å². The molecule has 156 valence electrons. The Labute approximate surface area is 167 Å². The number of urea groups is 1. The number of ether oxygens (including phenoxy) is 2. The fourth-order valence-electron chi connectivity index (χ4n) is 3.32. The zero-order chi connectivity index (χ0) is 20.2. The van der Waals surface area contributed by atoms with Gasteiger partial charge in [0.25, 0.3) is 0 Å². The monoisotopic (exact) mass is 391 g/mol. The summed E-state index contributed by atoms with van der Waals surface area (Å²) in [6.07, 6.45) is 6.74. The number of rotatable bonds is 10. The van der Waals surface area contributed by atoms with Crippen LogP contribution in [-0.2, 0) is 11.3 Å². The maximum atomic E-state index is 12.0. The van der Waals surface area contributed by atoms with Crippen molar-refractivity contribution < 1.29 is 19.1 Å². The molecule has 3 amide bonds. The molecular weight excluding hydrogens is 358 g/mol. The highest BCUT2D eigenvalue weighted by Gasteiger charge is 2.15. The van der Waals surface area contributed by atoms with Gasteiger partial charge in [-0.05, 0) is 43.9 Å². The summed E-state index contributed by atoms with van der Waals surface area (Å²) in [6, 6.07) is 5.78. The number of carbonyl (C=O) groups excluding carboxylic acids is 2. The number of nitrogens with one attached hydrogen (secondary N) is 3. The molecular formula is C21H33N3O4. The van der Waals surface area contributed by atoms with Gasteiger partial charge in [-0.3, -0.25) is 4.79 Å². The van der Waals surface area contributed by atoms with Gasteiger partial charge < -0.3 is 25.4 Å². The van der Waals surface area contributed by atoms with E-state index in [1.807, 2.05) is 25.1 Å². The van der Waals surface area contributed by atoms with Gasteiger partial charge in [0, 0.05) is 25.6 Å². The van der Waals surface area contributed by atoms with E-state index in [1.165, 1.54) is 19.3 Å². The molecule has 3 N–H and O–H groups in total. The van der Waals surface area contributed by atoms with E-state index in [9.17, 15) is 9.59 Å². The van der Waals surface area contributed by atoms with Crippen LogP contribution in [0.3, 0.4) is 0 Å². The number of hydrogen-bond donors (Lipinski definition) is 3. The van der Waals surface area contributed by atoms with Crippen LogP contribution in [0.5, 0.6) is 11.5 Å². The Hall–Kier alpha value is -2.44. The van der Waals surface area contributed by atoms with Crippen molar-refractivity contribution in [1.29, 1.82) is 0 Å². The van der Waals surface area contributed by atoms with Crippen LogP contribution in [0.2, 0.25) is 0 Å². The first-order valence-corrected chi connectivity index (χ1v) is 10.2. The summed E-state index contributed by atoms with van der Waals surface area (Å²) in [6.45, 7) is 3.40. The first-order valence-electron chi connectivity index (χ1n) is 10.2. The molecule has 2 rings (SSSR count). The lowest BCUT2D eigenvalue weighted by Crippen LogP contribution is -2.43. The minimum absolute atomic E-state index is 0.0395. The third-order valence-corrected chi connectivity index (χ3v) is 4.82. The summed E-state index contributed by atoms with van der Waals surface area (Å²) in [7, 11) is 1.59. The first-order chi connectivity index (χ1) is 13.6. The molecule has 0 aliphatic heterocycles. The van der Waals surface area contributed by atoms with Gasteiger partial charge in [0.1, 0.15) is 0 Å². The van der Waals surface area contributed by atoms with Gasteiger partial charge >= 0.3 is 6.03 Å². The quantitative estimate of drug-likeness (QED) is 0.535. The van der Waals surface area contributed by atoms with Crippen LogP contribution in [-0.4, -0.2) is 38.2 Å². The van der Waals surface area contributed by atoms with Crippen molar-refractivity contribution >= 4 is 11.9 Å². The smallest absolute Gasteiger partial charge is 0.315 e. The number of carbonyl (C=O) groups is 2. The summed E-state index contributed by atoms with van der Waals surface area (Å²) < 4.78 is 10.8. The van der Waals surface area contributed by atoms with E-state index in [0.29, 0.717) is 50.1 Å². The van der Waals surface area contributed by atoms with E-state index in [0.717, 1.165) is 18.4 Å². The van der Waals surface area contributed by atoms with Crippen molar-refractivity contribution in [2.24, 2.45) is 0 Å². The van der Waals surface area contributed by atoms with Crippen LogP contribution >= 0.6 is 0 Å². The highest BCUT2D eigenvalue weighted by atomic mass is 16.5. The van der Waals surface area contributed by atoms with Gasteiger partial charge in [0.2, 0.25) is 5.91 Å². The van der Waals surface area contributed by atoms with Crippen LogP contribution in [0.25, 0.3) is 0 Å². The molecule has 0 atom stereocenters. The fourth-order valence-corrected chi connectivity index (χ4v) is 3.32. The molecule has 0 saturated heterocycles. The van der Waals surface area contributed by atoms with Crippen LogP contribution in [0, 0.1) is 0 Å². The third kappa shape index (κ3) is 7.66. The van der Waals surface area contributed by atoms with Gasteiger partial charge in [-0.1, -0.05) is 25.3 Å². The molecule has 1 aromatic carbocycles. The molecule has 1 aliphatic carbocycles. The zero-order valence-corrected chi connectivity index (χ0v) is 17.0. The Morgan fingerprint density at radius 1 is 1.11 bits per heavy atom. The van der Waals surface area contributed by atoms with Crippen LogP contribution in [0.15, 0.2) is 18.2 Å². The molecule has 28 heavy (non-hydrogen) atoms. The fraction of sp³-hybridized carbons (Fsp3) is 0.619. The zero-order valence-electron chi connectivity index (χ0n) is 17.0. The number of amides is 3. The third-order valence-electron chi connectivity index (χ3n) is 4.82. The maximum Gasteiger partial charge on any atom is 0.315 e. The van der Waals surface area contributed by atoms with E-state index in [1.54, 1.807) is 7.11 Å². The molecule has 1 fully saturated rings. The molecule has 7 heteroatoms. The van der Waals surface area contributed by atoms with E-state index in [2.05, 4.69) is 16.0 Å². The minimum Gasteiger partial charge on any atom is -0.493 e. The lowest BCUT2D eigenvalue weighted by atomic mass is 9.96. The largest absolute Gasteiger partial charge is 0.493 e. The Morgan fingerprint density at radius 3 is 2.61 bits per heavy atom. The Morgan fingerprint density at radius 2 is 1.89 bits per heavy atom. The molecule has 0 bridgehead atoms. The molecule has 0 radical (unpaired) electrons. The second kappa shape index (κ2) is 12.1. The molecule has 0 unspecified atom stereocenters. The van der Waals surface area contributed by atoms with Crippen molar-refractivity contribution in [3.63, 3.8) is 0 Å². The summed E-state index contributed by atoms with van der Waals surface area (Å²) in [4.78, 5) is 23.9. The predicted octanol–water partition coefficient (Wildman–Crippen LogP) is 3.12. The Bertz CT molecular complexity index is 630. The number of methoxy groups -OCH3 is 1. The van der Waals surface area contributed by atoms with Crippen molar-refractivity contribution in [1.82, 2.24) is 16.0 Å². The van der Waals surface area contributed by atoms with Gasteiger partial charge in [0.15, 0.2) is 11.5 Å². The molecule has 0 aromatic heterocycles. The first kappa shape index (κ1) is 21.9. The summed E-state index contributed by atoms with van der Waals surface area (Å²) in [5, 5.41) is 8.73. The number of benzene rings is 1. The average molecular weight is 392 g/mol. The van der Waals surface area contributed by atoms with Gasteiger partial charge in [-0.25, -0.2) is 4.79 Å². The highest BCUT2D eigenvalue weighted by molar-refractivity contribution is 5.76. The summed E-state index contributed by atoms with van der Waals surface area (Å²) in [5.74, 6) is 1.31. The summed E-state index contributed by atoms with van der Waals surface area (Å²) in [5.41, 5.74) is 0.943. The molecule has 1 aliphatic rings. The highest BCUT2D eigenvalue weighted by Crippen LogP contribution is 2.27. The summed E-state index contributed by atoms with van der Waals surface area (Å²) >= 11 is 0. The Balaban J connectivity index is 1.61. The van der Waals surface area contributed by atoms with E-state index in [4.69, 9.17) is 9.47 Å². The molecule has 0 heterocycles. The molecule has 1 saturated carbocycles. The van der Waals surface area contributed by atoms with Crippen molar-refractivity contribution in [2.75, 3.05) is 20.3 Å². The Kier molecular flexibility index (Phi) is 9.45. The van der Waals surface area contributed by atoms with Gasteiger partial charge in [-0.2, -0.15) is 0 Å². The molecule has 7 nitrogen and oxygen atoms in total. The second-order valence-electron chi connectivity index (χ2n) is 7.03. The lowest BCUT2D eigenvalue weighted by Gasteiger charge is -2.22. The minimum atomic E-state index is -0.131. The molecule has 1 aromatic rings. The molecule has 0 spiro atoms. The lowest BCUT2D eigenvalue weighted by molar-refractivity contribution is -0.121. The van der Waals surface area contributed by atoms with Gasteiger partial charge in [-0.15, -0.1) is 0 Å². The predicted molar refractivity (Wildman–Crippen MR) is 109 cm³/mol. The topological polar surface area (TPSA) is 88.7 Å². The van der Waals surface area contributed by atoms with Crippen LogP contribution < -0.4 is 25.4 Å². The van der Waals surface area contributed by atoms with E-state index < -0.39 is 0 Å².